The Kier molecular flexibility index (Phi) is 9.81. The minimum Gasteiger partial charge on any atom is -0.293 e. The second kappa shape index (κ2) is 15.1. The Morgan fingerprint density at radius 3 is 1.64 bits per heavy atom. The molecule has 58 heavy (non-hydrogen) atoms. The lowest BCUT2D eigenvalue weighted by atomic mass is 9.97. The molecule has 0 radical (unpaired) electrons. The van der Waals surface area contributed by atoms with Gasteiger partial charge in [-0.05, 0) is 89.2 Å². The number of hydrogen-bond acceptors (Lipinski definition) is 9. The van der Waals surface area contributed by atoms with Crippen LogP contribution in [0, 0.1) is 0 Å². The summed E-state index contributed by atoms with van der Waals surface area (Å²) in [6, 6.07) is 27.9. The van der Waals surface area contributed by atoms with Crippen LogP contribution < -0.4 is 4.90 Å². The standard InChI is InChI=1S/C47H37N3O6S2/c1-3-5-19-57-38-23-34-35(24-39(38)58-20-6-4-2)47(56)50(46(34)55)37-18-15-28(25-49-44(53)30-13-9-10-14-31(30)45(49)54)29-16-17-36(48-41(29)37)40-42(51)32-21-26-11-7-8-12-27(26)22-33(32)43(40)52/h7-18,21-24,40H,3-6,19-20,25H2,1-2H3. The molecule has 2 aliphatic heterocycles. The predicted octanol–water partition coefficient (Wildman–Crippen LogP) is 9.93. The molecule has 11 heteroatoms. The number of carbonyl (C=O) groups excluding carboxylic acids is 6. The number of anilines is 1. The number of nitrogens with zero attached hydrogens (tertiary/aromatic N) is 3. The van der Waals surface area contributed by atoms with E-state index >= 15 is 0 Å². The minimum absolute atomic E-state index is 0.109. The van der Waals surface area contributed by atoms with Crippen molar-refractivity contribution in [3.8, 4) is 0 Å². The molecule has 0 saturated carbocycles. The summed E-state index contributed by atoms with van der Waals surface area (Å²) >= 11 is 3.37. The first kappa shape index (κ1) is 37.7. The van der Waals surface area contributed by atoms with Crippen LogP contribution in [0.2, 0.25) is 0 Å². The highest BCUT2D eigenvalue weighted by Gasteiger charge is 2.43. The molecule has 0 N–H and O–H groups in total. The van der Waals surface area contributed by atoms with E-state index in [0.29, 0.717) is 44.3 Å². The third kappa shape index (κ3) is 6.15. The number of amides is 4. The number of rotatable bonds is 12. The van der Waals surface area contributed by atoms with Crippen LogP contribution in [-0.4, -0.2) is 56.6 Å². The van der Waals surface area contributed by atoms with E-state index in [4.69, 9.17) is 4.98 Å². The minimum atomic E-state index is -1.24. The molecular formula is C47H37N3O6S2. The average molecular weight is 804 g/mol. The lowest BCUT2D eigenvalue weighted by Crippen LogP contribution is -2.31. The van der Waals surface area contributed by atoms with Crippen LogP contribution in [0.25, 0.3) is 21.7 Å². The van der Waals surface area contributed by atoms with Crippen LogP contribution in [-0.2, 0) is 6.54 Å². The molecule has 6 aromatic rings. The molecular weight excluding hydrogens is 767 g/mol. The molecule has 288 valence electrons. The molecule has 0 atom stereocenters. The van der Waals surface area contributed by atoms with E-state index in [-0.39, 0.29) is 35.0 Å². The van der Waals surface area contributed by atoms with Crippen LogP contribution in [0.3, 0.4) is 0 Å². The zero-order valence-electron chi connectivity index (χ0n) is 31.9. The largest absolute Gasteiger partial charge is 0.293 e. The van der Waals surface area contributed by atoms with Crippen molar-refractivity contribution in [2.75, 3.05) is 16.4 Å². The van der Waals surface area contributed by atoms with Crippen molar-refractivity contribution in [2.45, 2.75) is 61.8 Å². The molecule has 1 aromatic heterocycles. The number of hydrogen-bond donors (Lipinski definition) is 0. The SMILES string of the molecule is CCCCSc1cc2c(cc1SCCCC)C(=O)N(c1ccc(CN3C(=O)c4ccccc4C3=O)c3ccc(C4C(=O)c5cc6ccccc6cc5C4=O)nc13)C2=O. The van der Waals surface area contributed by atoms with Gasteiger partial charge in [0.25, 0.3) is 23.6 Å². The second-order valence-corrected chi connectivity index (χ2v) is 17.0. The normalized spacial score (nSPS) is 15.1. The lowest BCUT2D eigenvalue weighted by molar-refractivity contribution is 0.0641. The molecule has 1 aliphatic carbocycles. The Morgan fingerprint density at radius 1 is 0.569 bits per heavy atom. The van der Waals surface area contributed by atoms with E-state index in [9.17, 15) is 28.8 Å². The first-order valence-electron chi connectivity index (χ1n) is 19.5. The third-order valence-electron chi connectivity index (χ3n) is 11.1. The number of fused-ring (bicyclic) bond motifs is 5. The number of Topliss-reactive ketones (excluding diaryl/α,β-unsaturated/α-hetero) is 2. The number of pyridine rings is 1. The molecule has 9 rings (SSSR count). The van der Waals surface area contributed by atoms with E-state index in [2.05, 4.69) is 13.8 Å². The van der Waals surface area contributed by atoms with Crippen molar-refractivity contribution in [3.05, 3.63) is 142 Å². The molecule has 0 unspecified atom stereocenters. The third-order valence-corrected chi connectivity index (χ3v) is 13.5. The van der Waals surface area contributed by atoms with Crippen LogP contribution >= 0.6 is 23.5 Å². The monoisotopic (exact) mass is 803 g/mol. The number of benzene rings is 5. The van der Waals surface area contributed by atoms with Crippen molar-refractivity contribution in [1.29, 1.82) is 0 Å². The van der Waals surface area contributed by atoms with Crippen LogP contribution in [0.4, 0.5) is 5.69 Å². The first-order valence-corrected chi connectivity index (χ1v) is 21.5. The fourth-order valence-electron chi connectivity index (χ4n) is 8.00. The Balaban J connectivity index is 1.15. The van der Waals surface area contributed by atoms with E-state index in [1.807, 2.05) is 36.4 Å². The predicted molar refractivity (Wildman–Crippen MR) is 227 cm³/mol. The summed E-state index contributed by atoms with van der Waals surface area (Å²) in [5.41, 5.74) is 2.92. The van der Waals surface area contributed by atoms with Gasteiger partial charge in [-0.15, -0.1) is 23.5 Å². The summed E-state index contributed by atoms with van der Waals surface area (Å²) in [5.74, 6) is -2.12. The number of carbonyl (C=O) groups is 6. The highest BCUT2D eigenvalue weighted by molar-refractivity contribution is 8.02. The van der Waals surface area contributed by atoms with Crippen LogP contribution in [0.1, 0.15) is 119 Å². The summed E-state index contributed by atoms with van der Waals surface area (Å²) < 4.78 is 0. The Labute approximate surface area is 343 Å². The van der Waals surface area contributed by atoms with Crippen molar-refractivity contribution >= 4 is 86.1 Å². The maximum Gasteiger partial charge on any atom is 0.266 e. The smallest absolute Gasteiger partial charge is 0.266 e. The van der Waals surface area contributed by atoms with E-state index < -0.39 is 29.5 Å². The van der Waals surface area contributed by atoms with Gasteiger partial charge in [-0.2, -0.15) is 0 Å². The molecule has 0 spiro atoms. The maximum absolute atomic E-state index is 14.4. The number of thioether (sulfide) groups is 2. The highest BCUT2D eigenvalue weighted by atomic mass is 32.2. The van der Waals surface area contributed by atoms with Gasteiger partial charge < -0.3 is 0 Å². The lowest BCUT2D eigenvalue weighted by Gasteiger charge is -2.21. The second-order valence-electron chi connectivity index (χ2n) is 14.7. The fourth-order valence-corrected chi connectivity index (χ4v) is 10.5. The summed E-state index contributed by atoms with van der Waals surface area (Å²) in [7, 11) is 0. The molecule has 3 aliphatic rings. The zero-order valence-corrected chi connectivity index (χ0v) is 33.5. The van der Waals surface area contributed by atoms with Gasteiger partial charge in [0.1, 0.15) is 5.92 Å². The molecule has 0 saturated heterocycles. The molecule has 4 amide bonds. The van der Waals surface area contributed by atoms with Gasteiger partial charge in [-0.1, -0.05) is 75.2 Å². The maximum atomic E-state index is 14.4. The summed E-state index contributed by atoms with van der Waals surface area (Å²) in [5, 5.41) is 2.13. The average Bonchev–Trinajstić information content (AvgIpc) is 3.74. The van der Waals surface area contributed by atoms with E-state index in [1.54, 1.807) is 84.2 Å². The van der Waals surface area contributed by atoms with Gasteiger partial charge in [0, 0.05) is 26.3 Å². The van der Waals surface area contributed by atoms with Crippen molar-refractivity contribution in [2.24, 2.45) is 0 Å². The van der Waals surface area contributed by atoms with Gasteiger partial charge >= 0.3 is 0 Å². The number of imide groups is 2. The van der Waals surface area contributed by atoms with Crippen molar-refractivity contribution in [3.63, 3.8) is 0 Å². The van der Waals surface area contributed by atoms with E-state index in [0.717, 1.165) is 67.6 Å². The molecule has 0 bridgehead atoms. The van der Waals surface area contributed by atoms with Gasteiger partial charge in [0.05, 0.1) is 45.7 Å². The van der Waals surface area contributed by atoms with Crippen molar-refractivity contribution < 1.29 is 28.8 Å². The van der Waals surface area contributed by atoms with Gasteiger partial charge in [-0.25, -0.2) is 9.88 Å². The summed E-state index contributed by atoms with van der Waals surface area (Å²) in [6.07, 6.45) is 4.10. The molecule has 0 fully saturated rings. The fraction of sp³-hybridized carbons (Fsp3) is 0.213. The topological polar surface area (TPSA) is 122 Å². The Bertz CT molecular complexity index is 2660. The molecule has 9 nitrogen and oxygen atoms in total. The van der Waals surface area contributed by atoms with Gasteiger partial charge in [0.15, 0.2) is 11.6 Å². The molecule has 3 heterocycles. The number of aromatic nitrogens is 1. The quantitative estimate of drug-likeness (QED) is 0.0515. The highest BCUT2D eigenvalue weighted by Crippen LogP contribution is 2.42. The Morgan fingerprint density at radius 2 is 1.10 bits per heavy atom. The summed E-state index contributed by atoms with van der Waals surface area (Å²) in [6.45, 7) is 4.16. The Hall–Kier alpha value is -5.91. The first-order chi connectivity index (χ1) is 28.2. The van der Waals surface area contributed by atoms with Gasteiger partial charge in [0.2, 0.25) is 0 Å². The van der Waals surface area contributed by atoms with Crippen LogP contribution in [0.5, 0.6) is 0 Å². The number of ketones is 2. The number of unbranched alkanes of at least 4 members (excludes halogenated alkanes) is 2. The van der Waals surface area contributed by atoms with E-state index in [1.165, 1.54) is 0 Å². The van der Waals surface area contributed by atoms with Gasteiger partial charge in [-0.3, -0.25) is 33.7 Å². The van der Waals surface area contributed by atoms with Crippen LogP contribution in [0.15, 0.2) is 107 Å². The zero-order chi connectivity index (χ0) is 40.2. The molecule has 5 aromatic carbocycles. The van der Waals surface area contributed by atoms with Crippen molar-refractivity contribution in [1.82, 2.24) is 9.88 Å². The summed E-state index contributed by atoms with van der Waals surface area (Å²) in [4.78, 5) is 93.1.